The van der Waals surface area contributed by atoms with Crippen LogP contribution in [-0.2, 0) is 9.59 Å². The molecule has 126 valence electrons. The van der Waals surface area contributed by atoms with E-state index in [9.17, 15) is 9.59 Å². The monoisotopic (exact) mass is 337 g/mol. The molecule has 0 aliphatic carbocycles. The summed E-state index contributed by atoms with van der Waals surface area (Å²) in [5.41, 5.74) is 1.48. The fourth-order valence-corrected chi connectivity index (χ4v) is 2.45. The molecule has 0 atom stereocenters. The fraction of sp³-hybridized carbons (Fsp3) is 0.167. The predicted molar refractivity (Wildman–Crippen MR) is 90.4 cm³/mol. The highest BCUT2D eigenvalue weighted by atomic mass is 16.7. The maximum atomic E-state index is 12.3. The zero-order valence-electron chi connectivity index (χ0n) is 13.5. The summed E-state index contributed by atoms with van der Waals surface area (Å²) in [6.45, 7) is 1.36. The summed E-state index contributed by atoms with van der Waals surface area (Å²) >= 11 is 0. The van der Waals surface area contributed by atoms with Gasteiger partial charge in [0.25, 0.3) is 0 Å². The molecule has 3 rings (SSSR count). The number of nitriles is 1. The van der Waals surface area contributed by atoms with E-state index in [4.69, 9.17) is 14.7 Å². The van der Waals surface area contributed by atoms with E-state index in [1.54, 1.807) is 42.5 Å². The van der Waals surface area contributed by atoms with E-state index in [-0.39, 0.29) is 25.2 Å². The van der Waals surface area contributed by atoms with Gasteiger partial charge in [-0.05, 0) is 30.3 Å². The van der Waals surface area contributed by atoms with Gasteiger partial charge in [0.05, 0.1) is 11.6 Å². The highest BCUT2D eigenvalue weighted by Crippen LogP contribution is 2.35. The first-order valence-corrected chi connectivity index (χ1v) is 7.54. The third kappa shape index (κ3) is 3.70. The molecular weight excluding hydrogens is 322 g/mol. The average molecular weight is 337 g/mol. The SMILES string of the molecule is CC(=O)N(CC(=O)Nc1cccc(C#N)c1)c1ccc2c(c1)OCO2. The fourth-order valence-electron chi connectivity index (χ4n) is 2.45. The summed E-state index contributed by atoms with van der Waals surface area (Å²) in [6, 6.07) is 13.6. The van der Waals surface area contributed by atoms with E-state index >= 15 is 0 Å². The summed E-state index contributed by atoms with van der Waals surface area (Å²) in [4.78, 5) is 25.6. The number of hydrogen-bond donors (Lipinski definition) is 1. The summed E-state index contributed by atoms with van der Waals surface area (Å²) in [5.74, 6) is 0.485. The van der Waals surface area contributed by atoms with E-state index in [1.165, 1.54) is 11.8 Å². The topological polar surface area (TPSA) is 91.7 Å². The van der Waals surface area contributed by atoms with Gasteiger partial charge < -0.3 is 19.7 Å². The molecule has 0 aromatic heterocycles. The van der Waals surface area contributed by atoms with Crippen molar-refractivity contribution >= 4 is 23.2 Å². The second-order valence-electron chi connectivity index (χ2n) is 5.38. The first-order valence-electron chi connectivity index (χ1n) is 7.54. The number of anilines is 2. The molecule has 0 saturated heterocycles. The maximum absolute atomic E-state index is 12.3. The largest absolute Gasteiger partial charge is 0.454 e. The summed E-state index contributed by atoms with van der Waals surface area (Å²) in [6.07, 6.45) is 0. The Kier molecular flexibility index (Phi) is 4.53. The van der Waals surface area contributed by atoms with E-state index in [0.717, 1.165) is 0 Å². The molecule has 0 fully saturated rings. The molecule has 1 aliphatic heterocycles. The van der Waals surface area contributed by atoms with Gasteiger partial charge in [0.2, 0.25) is 18.6 Å². The van der Waals surface area contributed by atoms with Crippen molar-refractivity contribution in [3.63, 3.8) is 0 Å². The summed E-state index contributed by atoms with van der Waals surface area (Å²) in [5, 5.41) is 11.6. The normalized spacial score (nSPS) is 11.5. The van der Waals surface area contributed by atoms with Crippen LogP contribution in [0.5, 0.6) is 11.5 Å². The number of hydrogen-bond acceptors (Lipinski definition) is 5. The molecule has 0 saturated carbocycles. The van der Waals surface area contributed by atoms with E-state index < -0.39 is 0 Å². The zero-order chi connectivity index (χ0) is 17.8. The number of carbonyl (C=O) groups excluding carboxylic acids is 2. The van der Waals surface area contributed by atoms with E-state index in [1.807, 2.05) is 6.07 Å². The lowest BCUT2D eigenvalue weighted by molar-refractivity contribution is -0.120. The third-order valence-corrected chi connectivity index (χ3v) is 3.63. The number of nitrogens with zero attached hydrogens (tertiary/aromatic N) is 2. The van der Waals surface area contributed by atoms with Gasteiger partial charge in [0, 0.05) is 24.4 Å². The van der Waals surface area contributed by atoms with Gasteiger partial charge in [-0.3, -0.25) is 9.59 Å². The van der Waals surface area contributed by atoms with Crippen LogP contribution in [0.15, 0.2) is 42.5 Å². The van der Waals surface area contributed by atoms with E-state index in [2.05, 4.69) is 5.32 Å². The Bertz CT molecular complexity index is 873. The van der Waals surface area contributed by atoms with Gasteiger partial charge in [-0.1, -0.05) is 6.07 Å². The van der Waals surface area contributed by atoms with Crippen molar-refractivity contribution in [2.24, 2.45) is 0 Å². The number of amides is 2. The number of carbonyl (C=O) groups is 2. The lowest BCUT2D eigenvalue weighted by Crippen LogP contribution is -2.36. The smallest absolute Gasteiger partial charge is 0.244 e. The van der Waals surface area contributed by atoms with Crippen molar-refractivity contribution in [3.05, 3.63) is 48.0 Å². The van der Waals surface area contributed by atoms with Crippen molar-refractivity contribution < 1.29 is 19.1 Å². The lowest BCUT2D eigenvalue weighted by Gasteiger charge is -2.21. The van der Waals surface area contributed by atoms with Gasteiger partial charge in [-0.15, -0.1) is 0 Å². The first-order chi connectivity index (χ1) is 12.1. The van der Waals surface area contributed by atoms with Crippen LogP contribution in [0.25, 0.3) is 0 Å². The number of ether oxygens (including phenoxy) is 2. The van der Waals surface area contributed by atoms with Crippen LogP contribution in [0.2, 0.25) is 0 Å². The van der Waals surface area contributed by atoms with Crippen LogP contribution in [0, 0.1) is 11.3 Å². The van der Waals surface area contributed by atoms with Gasteiger partial charge in [0.15, 0.2) is 11.5 Å². The highest BCUT2D eigenvalue weighted by molar-refractivity contribution is 6.02. The third-order valence-electron chi connectivity index (χ3n) is 3.63. The molecule has 1 heterocycles. The molecule has 0 radical (unpaired) electrons. The lowest BCUT2D eigenvalue weighted by atomic mass is 10.2. The summed E-state index contributed by atoms with van der Waals surface area (Å²) < 4.78 is 10.5. The molecule has 7 nitrogen and oxygen atoms in total. The Balaban J connectivity index is 1.74. The van der Waals surface area contributed by atoms with Crippen LogP contribution in [0.4, 0.5) is 11.4 Å². The zero-order valence-corrected chi connectivity index (χ0v) is 13.5. The quantitative estimate of drug-likeness (QED) is 0.924. The molecule has 2 amide bonds. The first kappa shape index (κ1) is 16.3. The Morgan fingerprint density at radius 3 is 2.76 bits per heavy atom. The molecule has 0 spiro atoms. The minimum Gasteiger partial charge on any atom is -0.454 e. The highest BCUT2D eigenvalue weighted by Gasteiger charge is 2.20. The number of benzene rings is 2. The second kappa shape index (κ2) is 6.93. The van der Waals surface area contributed by atoms with Crippen molar-refractivity contribution in [1.29, 1.82) is 5.26 Å². The van der Waals surface area contributed by atoms with E-state index in [0.29, 0.717) is 28.4 Å². The number of rotatable bonds is 4. The molecular formula is C18H15N3O4. The van der Waals surface area contributed by atoms with Gasteiger partial charge >= 0.3 is 0 Å². The Hall–Kier alpha value is -3.53. The standard InChI is InChI=1S/C18H15N3O4/c1-12(22)21(15-5-6-16-17(8-15)25-11-24-16)10-18(23)20-14-4-2-3-13(7-14)9-19/h2-8H,10-11H2,1H3,(H,20,23). The molecule has 2 aromatic carbocycles. The molecule has 1 aliphatic rings. The van der Waals surface area contributed by atoms with Crippen LogP contribution < -0.4 is 19.7 Å². The van der Waals surface area contributed by atoms with Crippen LogP contribution in [0.3, 0.4) is 0 Å². The van der Waals surface area contributed by atoms with Crippen LogP contribution >= 0.6 is 0 Å². The summed E-state index contributed by atoms with van der Waals surface area (Å²) in [7, 11) is 0. The van der Waals surface area contributed by atoms with Crippen molar-refractivity contribution in [2.75, 3.05) is 23.6 Å². The molecule has 0 unspecified atom stereocenters. The Morgan fingerprint density at radius 1 is 1.20 bits per heavy atom. The molecule has 2 aromatic rings. The van der Waals surface area contributed by atoms with Gasteiger partial charge in [-0.2, -0.15) is 5.26 Å². The van der Waals surface area contributed by atoms with Crippen LogP contribution in [0.1, 0.15) is 12.5 Å². The van der Waals surface area contributed by atoms with Crippen molar-refractivity contribution in [1.82, 2.24) is 0 Å². The number of fused-ring (bicyclic) bond motifs is 1. The molecule has 25 heavy (non-hydrogen) atoms. The second-order valence-corrected chi connectivity index (χ2v) is 5.38. The average Bonchev–Trinajstić information content (AvgIpc) is 3.07. The van der Waals surface area contributed by atoms with Crippen molar-refractivity contribution in [3.8, 4) is 17.6 Å². The van der Waals surface area contributed by atoms with Gasteiger partial charge in [-0.25, -0.2) is 0 Å². The minimum atomic E-state index is -0.372. The minimum absolute atomic E-state index is 0.134. The maximum Gasteiger partial charge on any atom is 0.244 e. The van der Waals surface area contributed by atoms with Crippen LogP contribution in [-0.4, -0.2) is 25.2 Å². The van der Waals surface area contributed by atoms with Crippen molar-refractivity contribution in [2.45, 2.75) is 6.92 Å². The molecule has 0 bridgehead atoms. The Labute approximate surface area is 144 Å². The van der Waals surface area contributed by atoms with Gasteiger partial charge in [0.1, 0.15) is 6.54 Å². The molecule has 7 heteroatoms. The predicted octanol–water partition coefficient (Wildman–Crippen LogP) is 2.28. The molecule has 1 N–H and O–H groups in total. The Morgan fingerprint density at radius 2 is 2.00 bits per heavy atom. The number of nitrogens with one attached hydrogen (secondary N) is 1.